The summed E-state index contributed by atoms with van der Waals surface area (Å²) in [6, 6.07) is 11.2. The van der Waals surface area contributed by atoms with E-state index in [1.54, 1.807) is 36.4 Å². The fraction of sp³-hybridized carbons (Fsp3) is 0.188. The average Bonchev–Trinajstić information content (AvgIpc) is 2.54. The van der Waals surface area contributed by atoms with Crippen LogP contribution >= 0.6 is 0 Å². The summed E-state index contributed by atoms with van der Waals surface area (Å²) in [5, 5.41) is 0. The molecule has 0 aromatic heterocycles. The first-order valence-electron chi connectivity index (χ1n) is 6.75. The van der Waals surface area contributed by atoms with Gasteiger partial charge in [0, 0.05) is 5.56 Å². The van der Waals surface area contributed by atoms with Gasteiger partial charge in [0.05, 0.1) is 17.7 Å². The first kappa shape index (κ1) is 16.0. The van der Waals surface area contributed by atoms with E-state index in [0.29, 0.717) is 17.6 Å². The summed E-state index contributed by atoms with van der Waals surface area (Å²) in [6.07, 6.45) is 1.48. The predicted octanol–water partition coefficient (Wildman–Crippen LogP) is 2.87. The Morgan fingerprint density at radius 1 is 1.14 bits per heavy atom. The van der Waals surface area contributed by atoms with E-state index >= 15 is 0 Å². The number of ether oxygens (including phenoxy) is 1. The van der Waals surface area contributed by atoms with Gasteiger partial charge in [-0.3, -0.25) is 9.52 Å². The molecule has 0 aliphatic rings. The maximum absolute atomic E-state index is 12.4. The van der Waals surface area contributed by atoms with Crippen molar-refractivity contribution in [2.24, 2.45) is 0 Å². The molecule has 1 N–H and O–H groups in total. The van der Waals surface area contributed by atoms with Gasteiger partial charge in [-0.25, -0.2) is 8.42 Å². The summed E-state index contributed by atoms with van der Waals surface area (Å²) in [7, 11) is -2.31. The highest BCUT2D eigenvalue weighted by Crippen LogP contribution is 2.27. The number of nitrogens with one attached hydrogen (secondary N) is 1. The molecule has 0 saturated heterocycles. The lowest BCUT2D eigenvalue weighted by molar-refractivity contribution is 0.112. The Kier molecular flexibility index (Phi) is 4.82. The Labute approximate surface area is 130 Å². The molecular weight excluding hydrogens is 302 g/mol. The van der Waals surface area contributed by atoms with E-state index in [1.807, 2.05) is 6.92 Å². The molecule has 5 nitrogen and oxygen atoms in total. The molecule has 0 heterocycles. The minimum Gasteiger partial charge on any atom is -0.495 e. The molecule has 0 spiro atoms. The quantitative estimate of drug-likeness (QED) is 0.831. The van der Waals surface area contributed by atoms with Crippen molar-refractivity contribution in [2.75, 3.05) is 11.8 Å². The summed E-state index contributed by atoms with van der Waals surface area (Å²) in [5.74, 6) is 0.347. The number of carbonyl (C=O) groups excluding carboxylic acids is 1. The monoisotopic (exact) mass is 319 g/mol. The molecule has 0 amide bonds. The predicted molar refractivity (Wildman–Crippen MR) is 85.0 cm³/mol. The number of hydrogen-bond acceptors (Lipinski definition) is 4. The largest absolute Gasteiger partial charge is 0.495 e. The summed E-state index contributed by atoms with van der Waals surface area (Å²) in [6.45, 7) is 2.00. The second-order valence-electron chi connectivity index (χ2n) is 4.68. The molecule has 116 valence electrons. The fourth-order valence-corrected chi connectivity index (χ4v) is 3.05. The minimum absolute atomic E-state index is 0.156. The van der Waals surface area contributed by atoms with Crippen LogP contribution in [0.3, 0.4) is 0 Å². The molecule has 0 aliphatic heterocycles. The first-order valence-corrected chi connectivity index (χ1v) is 8.23. The van der Waals surface area contributed by atoms with Gasteiger partial charge in [-0.15, -0.1) is 0 Å². The number of hydrogen-bond donors (Lipinski definition) is 1. The smallest absolute Gasteiger partial charge is 0.262 e. The highest BCUT2D eigenvalue weighted by molar-refractivity contribution is 7.92. The van der Waals surface area contributed by atoms with Gasteiger partial charge in [0.1, 0.15) is 12.0 Å². The molecule has 0 aliphatic carbocycles. The van der Waals surface area contributed by atoms with Crippen LogP contribution in [0.25, 0.3) is 0 Å². The van der Waals surface area contributed by atoms with Gasteiger partial charge >= 0.3 is 0 Å². The van der Waals surface area contributed by atoms with Crippen LogP contribution < -0.4 is 9.46 Å². The molecule has 0 bridgehead atoms. The summed E-state index contributed by atoms with van der Waals surface area (Å²) >= 11 is 0. The second kappa shape index (κ2) is 6.62. The molecule has 2 rings (SSSR count). The maximum atomic E-state index is 12.4. The van der Waals surface area contributed by atoms with Crippen LogP contribution in [-0.4, -0.2) is 21.8 Å². The third-order valence-corrected chi connectivity index (χ3v) is 4.63. The van der Waals surface area contributed by atoms with Crippen molar-refractivity contribution in [3.05, 3.63) is 53.6 Å². The van der Waals surface area contributed by atoms with Crippen molar-refractivity contribution in [2.45, 2.75) is 18.2 Å². The number of benzene rings is 2. The molecule has 2 aromatic carbocycles. The average molecular weight is 319 g/mol. The van der Waals surface area contributed by atoms with Gasteiger partial charge in [0.2, 0.25) is 0 Å². The van der Waals surface area contributed by atoms with Crippen LogP contribution in [0.5, 0.6) is 5.75 Å². The molecule has 6 heteroatoms. The number of methoxy groups -OCH3 is 1. The zero-order valence-electron chi connectivity index (χ0n) is 12.4. The Balaban J connectivity index is 2.37. The van der Waals surface area contributed by atoms with Gasteiger partial charge in [0.25, 0.3) is 10.0 Å². The molecule has 2 aromatic rings. The van der Waals surface area contributed by atoms with Gasteiger partial charge in [-0.2, -0.15) is 0 Å². The van der Waals surface area contributed by atoms with Crippen molar-refractivity contribution in [1.82, 2.24) is 0 Å². The van der Waals surface area contributed by atoms with Gasteiger partial charge in [-0.05, 0) is 42.3 Å². The zero-order valence-corrected chi connectivity index (χ0v) is 13.2. The highest BCUT2D eigenvalue weighted by Gasteiger charge is 2.16. The van der Waals surface area contributed by atoms with Crippen LogP contribution in [0.15, 0.2) is 47.4 Å². The topological polar surface area (TPSA) is 72.5 Å². The lowest BCUT2D eigenvalue weighted by atomic mass is 10.2. The summed E-state index contributed by atoms with van der Waals surface area (Å²) in [4.78, 5) is 11.0. The summed E-state index contributed by atoms with van der Waals surface area (Å²) in [5.41, 5.74) is 1.64. The summed E-state index contributed by atoms with van der Waals surface area (Å²) < 4.78 is 32.4. The highest BCUT2D eigenvalue weighted by atomic mass is 32.2. The number of anilines is 1. The van der Waals surface area contributed by atoms with E-state index in [4.69, 9.17) is 4.74 Å². The standard InChI is InChI=1S/C16H17NO4S/c1-3-12-4-7-14(8-5-12)22(19,20)17-15-10-13(11-18)6-9-16(15)21-2/h4-11,17H,3H2,1-2H3. The van der Waals surface area contributed by atoms with E-state index in [0.717, 1.165) is 12.0 Å². The van der Waals surface area contributed by atoms with Crippen molar-refractivity contribution in [3.8, 4) is 5.75 Å². The zero-order chi connectivity index (χ0) is 16.2. The van der Waals surface area contributed by atoms with E-state index in [-0.39, 0.29) is 10.6 Å². The molecule has 0 saturated carbocycles. The van der Waals surface area contributed by atoms with Gasteiger partial charge < -0.3 is 4.74 Å². The van der Waals surface area contributed by atoms with E-state index in [9.17, 15) is 13.2 Å². The SMILES string of the molecule is CCc1ccc(S(=O)(=O)Nc2cc(C=O)ccc2OC)cc1. The van der Waals surface area contributed by atoms with Crippen LogP contribution in [-0.2, 0) is 16.4 Å². The van der Waals surface area contributed by atoms with Gasteiger partial charge in [0.15, 0.2) is 0 Å². The number of sulfonamides is 1. The Morgan fingerprint density at radius 3 is 2.36 bits per heavy atom. The first-order chi connectivity index (χ1) is 10.5. The molecule has 0 unspecified atom stereocenters. The van der Waals surface area contributed by atoms with Crippen LogP contribution in [0, 0.1) is 0 Å². The second-order valence-corrected chi connectivity index (χ2v) is 6.36. The van der Waals surface area contributed by atoms with Crippen LogP contribution in [0.1, 0.15) is 22.8 Å². The molecular formula is C16H17NO4S. The van der Waals surface area contributed by atoms with Gasteiger partial charge in [-0.1, -0.05) is 19.1 Å². The van der Waals surface area contributed by atoms with E-state index in [1.165, 1.54) is 13.2 Å². The Morgan fingerprint density at radius 2 is 1.82 bits per heavy atom. The third-order valence-electron chi connectivity index (χ3n) is 3.25. The number of aldehydes is 1. The van der Waals surface area contributed by atoms with E-state index in [2.05, 4.69) is 4.72 Å². The lowest BCUT2D eigenvalue weighted by Crippen LogP contribution is -2.14. The normalized spacial score (nSPS) is 11.0. The third kappa shape index (κ3) is 3.46. The molecule has 0 fully saturated rings. The Bertz CT molecular complexity index is 767. The molecule has 0 radical (unpaired) electrons. The number of aryl methyl sites for hydroxylation is 1. The molecule has 0 atom stereocenters. The number of carbonyl (C=O) groups is 1. The van der Waals surface area contributed by atoms with Crippen LogP contribution in [0.4, 0.5) is 5.69 Å². The van der Waals surface area contributed by atoms with Crippen molar-refractivity contribution in [1.29, 1.82) is 0 Å². The molecule has 22 heavy (non-hydrogen) atoms. The van der Waals surface area contributed by atoms with E-state index < -0.39 is 10.0 Å². The van der Waals surface area contributed by atoms with Crippen molar-refractivity contribution >= 4 is 22.0 Å². The Hall–Kier alpha value is -2.34. The van der Waals surface area contributed by atoms with Crippen molar-refractivity contribution < 1.29 is 17.9 Å². The van der Waals surface area contributed by atoms with Crippen molar-refractivity contribution in [3.63, 3.8) is 0 Å². The lowest BCUT2D eigenvalue weighted by Gasteiger charge is -2.12. The van der Waals surface area contributed by atoms with Crippen LogP contribution in [0.2, 0.25) is 0 Å². The number of rotatable bonds is 6. The maximum Gasteiger partial charge on any atom is 0.262 e. The minimum atomic E-state index is -3.74. The fourth-order valence-electron chi connectivity index (χ4n) is 1.99.